The second kappa shape index (κ2) is 5.24. The van der Waals surface area contributed by atoms with E-state index >= 15 is 0 Å². The van der Waals surface area contributed by atoms with Crippen LogP contribution in [0.3, 0.4) is 0 Å². The van der Waals surface area contributed by atoms with Crippen LogP contribution in [-0.2, 0) is 9.53 Å². The first kappa shape index (κ1) is 13.1. The number of rotatable bonds is 3. The summed E-state index contributed by atoms with van der Waals surface area (Å²) in [5, 5.41) is 0. The Balaban J connectivity index is 1.97. The van der Waals surface area contributed by atoms with Gasteiger partial charge in [-0.2, -0.15) is 0 Å². The van der Waals surface area contributed by atoms with Crippen LogP contribution in [-0.4, -0.2) is 17.7 Å². The van der Waals surface area contributed by atoms with Crippen molar-refractivity contribution in [3.05, 3.63) is 46.6 Å². The maximum atomic E-state index is 11.3. The first-order valence-electron chi connectivity index (χ1n) is 6.23. The average Bonchev–Trinajstić information content (AvgIpc) is 2.44. The van der Waals surface area contributed by atoms with Gasteiger partial charge in [0, 0.05) is 19.1 Å². The number of ether oxygens (including phenoxy) is 2. The summed E-state index contributed by atoms with van der Waals surface area (Å²) in [5.74, 6) is 0.468. The molecule has 1 aliphatic carbocycles. The summed E-state index contributed by atoms with van der Waals surface area (Å²) in [7, 11) is 0. The molecule has 106 valence electrons. The van der Waals surface area contributed by atoms with Gasteiger partial charge >= 0.3 is 5.97 Å². The van der Waals surface area contributed by atoms with Crippen molar-refractivity contribution in [1.29, 1.82) is 0 Å². The van der Waals surface area contributed by atoms with Gasteiger partial charge in [-0.05, 0) is 24.3 Å². The largest absolute Gasteiger partial charge is 0.457 e. The molecule has 0 unspecified atom stereocenters. The minimum atomic E-state index is -0.420. The summed E-state index contributed by atoms with van der Waals surface area (Å²) in [5.41, 5.74) is 1.58. The Morgan fingerprint density at radius 3 is 2.90 bits per heavy atom. The average molecular weight is 285 g/mol. The topological polar surface area (TPSA) is 78.6 Å². The standard InChI is InChI=1S/C15H11NO5/c1-9(17)19-8-20-11-3-5-13-15(7-11)21-14-6-10(18)2-4-12(14)16-13/h2-7H,8H2,1H3. The molecule has 0 saturated carbocycles. The SMILES string of the molecule is CC(=O)OCOc1ccc2nc3ccc(=O)cc-3oc2c1. The van der Waals surface area contributed by atoms with Gasteiger partial charge in [0.05, 0.1) is 0 Å². The monoisotopic (exact) mass is 285 g/mol. The Morgan fingerprint density at radius 2 is 2.10 bits per heavy atom. The normalized spacial score (nSPS) is 10.7. The lowest BCUT2D eigenvalue weighted by Crippen LogP contribution is -2.06. The van der Waals surface area contributed by atoms with Crippen molar-refractivity contribution in [1.82, 2.24) is 4.98 Å². The van der Waals surface area contributed by atoms with Crippen LogP contribution in [0, 0.1) is 0 Å². The highest BCUT2D eigenvalue weighted by molar-refractivity contribution is 5.77. The molecule has 0 radical (unpaired) electrons. The summed E-state index contributed by atoms with van der Waals surface area (Å²) >= 11 is 0. The highest BCUT2D eigenvalue weighted by atomic mass is 16.7. The molecule has 1 aromatic rings. The zero-order chi connectivity index (χ0) is 14.8. The Kier molecular flexibility index (Phi) is 3.27. The first-order valence-corrected chi connectivity index (χ1v) is 6.23. The molecule has 6 heteroatoms. The van der Waals surface area contributed by atoms with Crippen molar-refractivity contribution in [2.45, 2.75) is 6.92 Å². The fourth-order valence-corrected chi connectivity index (χ4v) is 1.86. The third-order valence-electron chi connectivity index (χ3n) is 2.81. The third kappa shape index (κ3) is 2.84. The lowest BCUT2D eigenvalue weighted by Gasteiger charge is -2.08. The van der Waals surface area contributed by atoms with Gasteiger partial charge in [0.2, 0.25) is 6.79 Å². The number of esters is 1. The van der Waals surface area contributed by atoms with Crippen LogP contribution in [0.5, 0.6) is 5.75 Å². The molecule has 3 rings (SSSR count). The van der Waals surface area contributed by atoms with E-state index in [4.69, 9.17) is 13.9 Å². The van der Waals surface area contributed by atoms with Gasteiger partial charge in [-0.3, -0.25) is 9.59 Å². The molecule has 0 spiro atoms. The molecular weight excluding hydrogens is 274 g/mol. The molecule has 1 aromatic carbocycles. The molecule has 1 aliphatic heterocycles. The number of fused-ring (bicyclic) bond motifs is 2. The summed E-state index contributed by atoms with van der Waals surface area (Å²) in [6.07, 6.45) is 0. The van der Waals surface area contributed by atoms with Crippen molar-refractivity contribution in [3.63, 3.8) is 0 Å². The number of carbonyl (C=O) groups excluding carboxylic acids is 1. The molecule has 0 fully saturated rings. The molecule has 21 heavy (non-hydrogen) atoms. The molecule has 6 nitrogen and oxygen atoms in total. The van der Waals surface area contributed by atoms with Gasteiger partial charge in [0.1, 0.15) is 17.0 Å². The minimum absolute atomic E-state index is 0.144. The van der Waals surface area contributed by atoms with Crippen LogP contribution >= 0.6 is 0 Å². The van der Waals surface area contributed by atoms with Gasteiger partial charge in [-0.1, -0.05) is 0 Å². The summed E-state index contributed by atoms with van der Waals surface area (Å²) in [4.78, 5) is 26.4. The van der Waals surface area contributed by atoms with Crippen LogP contribution in [0.4, 0.5) is 0 Å². The van der Waals surface area contributed by atoms with E-state index < -0.39 is 5.97 Å². The number of hydrogen-bond acceptors (Lipinski definition) is 6. The summed E-state index contributed by atoms with van der Waals surface area (Å²) in [6, 6.07) is 9.49. The molecule has 0 saturated heterocycles. The first-order chi connectivity index (χ1) is 10.1. The predicted octanol–water partition coefficient (Wildman–Crippen LogP) is 2.19. The molecule has 1 heterocycles. The second-order valence-corrected chi connectivity index (χ2v) is 4.37. The van der Waals surface area contributed by atoms with Gasteiger partial charge in [0.25, 0.3) is 0 Å². The maximum absolute atomic E-state index is 11.3. The van der Waals surface area contributed by atoms with Crippen LogP contribution < -0.4 is 10.2 Å². The van der Waals surface area contributed by atoms with E-state index in [1.807, 2.05) is 0 Å². The van der Waals surface area contributed by atoms with Crippen molar-refractivity contribution in [2.75, 3.05) is 6.79 Å². The van der Waals surface area contributed by atoms with E-state index in [9.17, 15) is 9.59 Å². The van der Waals surface area contributed by atoms with E-state index in [2.05, 4.69) is 4.98 Å². The molecule has 0 amide bonds. The quantitative estimate of drug-likeness (QED) is 0.417. The van der Waals surface area contributed by atoms with Gasteiger partial charge < -0.3 is 13.9 Å². The Labute approximate surface area is 119 Å². The van der Waals surface area contributed by atoms with E-state index in [1.54, 1.807) is 24.3 Å². The molecule has 0 N–H and O–H groups in total. The smallest absolute Gasteiger partial charge is 0.305 e. The summed E-state index contributed by atoms with van der Waals surface area (Å²) in [6.45, 7) is 1.13. The van der Waals surface area contributed by atoms with Crippen LogP contribution in [0.15, 0.2) is 45.6 Å². The van der Waals surface area contributed by atoms with Crippen LogP contribution in [0.2, 0.25) is 0 Å². The van der Waals surface area contributed by atoms with Crippen LogP contribution in [0.1, 0.15) is 6.92 Å². The Bertz CT molecular complexity index is 839. The summed E-state index contributed by atoms with van der Waals surface area (Å²) < 4.78 is 15.6. The van der Waals surface area contributed by atoms with Gasteiger partial charge in [-0.25, -0.2) is 4.98 Å². The molecule has 2 aliphatic rings. The molecule has 0 bridgehead atoms. The fourth-order valence-electron chi connectivity index (χ4n) is 1.86. The molecule has 0 atom stereocenters. The van der Waals surface area contributed by atoms with Crippen molar-refractivity contribution < 1.29 is 18.7 Å². The Morgan fingerprint density at radius 1 is 1.24 bits per heavy atom. The third-order valence-corrected chi connectivity index (χ3v) is 2.81. The van der Waals surface area contributed by atoms with E-state index in [0.29, 0.717) is 28.3 Å². The predicted molar refractivity (Wildman–Crippen MR) is 74.2 cm³/mol. The molecule has 0 aromatic heterocycles. The maximum Gasteiger partial charge on any atom is 0.305 e. The number of hydrogen-bond donors (Lipinski definition) is 0. The number of benzene rings is 2. The van der Waals surface area contributed by atoms with Crippen molar-refractivity contribution in [3.8, 4) is 17.2 Å². The lowest BCUT2D eigenvalue weighted by atomic mass is 10.2. The second-order valence-electron chi connectivity index (χ2n) is 4.37. The number of carbonyl (C=O) groups is 1. The highest BCUT2D eigenvalue weighted by Crippen LogP contribution is 2.26. The van der Waals surface area contributed by atoms with Gasteiger partial charge in [0.15, 0.2) is 16.8 Å². The fraction of sp³-hybridized carbons (Fsp3) is 0.133. The van der Waals surface area contributed by atoms with Crippen LogP contribution in [0.25, 0.3) is 22.6 Å². The van der Waals surface area contributed by atoms with E-state index in [0.717, 1.165) is 0 Å². The van der Waals surface area contributed by atoms with E-state index in [1.165, 1.54) is 19.1 Å². The lowest BCUT2D eigenvalue weighted by molar-refractivity contribution is -0.147. The number of nitrogens with zero attached hydrogens (tertiary/aromatic N) is 1. The molecular formula is C15H11NO5. The Hall–Kier alpha value is -2.89. The van der Waals surface area contributed by atoms with Crippen molar-refractivity contribution >= 4 is 17.1 Å². The van der Waals surface area contributed by atoms with E-state index in [-0.39, 0.29) is 12.2 Å². The minimum Gasteiger partial charge on any atom is -0.457 e. The zero-order valence-electron chi connectivity index (χ0n) is 11.2. The number of aromatic nitrogens is 1. The highest BCUT2D eigenvalue weighted by Gasteiger charge is 2.10. The van der Waals surface area contributed by atoms with Crippen molar-refractivity contribution in [2.24, 2.45) is 0 Å². The zero-order valence-corrected chi connectivity index (χ0v) is 11.2. The van der Waals surface area contributed by atoms with Gasteiger partial charge in [-0.15, -0.1) is 0 Å².